The smallest absolute Gasteiger partial charge is 0.258 e. The minimum atomic E-state index is -0.193. The molecule has 3 aliphatic rings. The van der Waals surface area contributed by atoms with Gasteiger partial charge in [0.2, 0.25) is 0 Å². The zero-order valence-electron chi connectivity index (χ0n) is 14.2. The van der Waals surface area contributed by atoms with Gasteiger partial charge >= 0.3 is 0 Å². The van der Waals surface area contributed by atoms with Gasteiger partial charge in [0.05, 0.1) is 0 Å². The lowest BCUT2D eigenvalue weighted by Crippen LogP contribution is -2.52. The first-order chi connectivity index (χ1) is 11.7. The van der Waals surface area contributed by atoms with E-state index in [2.05, 4.69) is 14.9 Å². The van der Waals surface area contributed by atoms with Gasteiger partial charge in [-0.15, -0.1) is 0 Å². The van der Waals surface area contributed by atoms with Crippen LogP contribution in [0.2, 0.25) is 0 Å². The van der Waals surface area contributed by atoms with Crippen LogP contribution in [0.5, 0.6) is 0 Å². The van der Waals surface area contributed by atoms with Crippen LogP contribution in [0.25, 0.3) is 0 Å². The topological polar surface area (TPSA) is 52.0 Å². The molecule has 128 valence electrons. The maximum atomic E-state index is 13.1. The van der Waals surface area contributed by atoms with Crippen molar-refractivity contribution >= 4 is 29.7 Å². The van der Waals surface area contributed by atoms with Crippen LogP contribution in [0.1, 0.15) is 37.3 Å². The maximum Gasteiger partial charge on any atom is 0.258 e. The van der Waals surface area contributed by atoms with E-state index < -0.39 is 0 Å². The molecule has 0 aromatic carbocycles. The summed E-state index contributed by atoms with van der Waals surface area (Å²) in [6.07, 6.45) is 8.35. The van der Waals surface area contributed by atoms with Gasteiger partial charge in [-0.1, -0.05) is 24.6 Å². The monoisotopic (exact) mass is 345 g/mol. The molecule has 24 heavy (non-hydrogen) atoms. The predicted molar refractivity (Wildman–Crippen MR) is 96.3 cm³/mol. The van der Waals surface area contributed by atoms with Crippen LogP contribution >= 0.6 is 11.8 Å². The Balaban J connectivity index is 1.64. The van der Waals surface area contributed by atoms with Gasteiger partial charge in [-0.25, -0.2) is 15.0 Å². The number of hydrazine groups is 1. The molecular weight excluding hydrogens is 322 g/mol. The second kappa shape index (κ2) is 6.37. The number of rotatable bonds is 2. The molecule has 0 saturated carbocycles. The van der Waals surface area contributed by atoms with E-state index >= 15 is 0 Å². The van der Waals surface area contributed by atoms with Gasteiger partial charge in [0.15, 0.2) is 0 Å². The van der Waals surface area contributed by atoms with Crippen molar-refractivity contribution in [3.05, 3.63) is 17.8 Å². The van der Waals surface area contributed by atoms with Gasteiger partial charge in [0.25, 0.3) is 5.91 Å². The number of pyridine rings is 1. The molecule has 4 heterocycles. The van der Waals surface area contributed by atoms with E-state index in [1.807, 2.05) is 26.4 Å². The van der Waals surface area contributed by atoms with Crippen molar-refractivity contribution in [3.8, 4) is 0 Å². The van der Waals surface area contributed by atoms with Gasteiger partial charge in [0, 0.05) is 44.6 Å². The number of nitrogens with zero attached hydrogens (tertiary/aromatic N) is 5. The molecule has 2 atom stereocenters. The summed E-state index contributed by atoms with van der Waals surface area (Å²) in [5.74, 6) is 0.143. The van der Waals surface area contributed by atoms with E-state index in [9.17, 15) is 4.79 Å². The van der Waals surface area contributed by atoms with Crippen molar-refractivity contribution in [1.82, 2.24) is 15.0 Å². The van der Waals surface area contributed by atoms with E-state index in [1.165, 1.54) is 12.8 Å². The lowest BCUT2D eigenvalue weighted by Gasteiger charge is -2.36. The zero-order valence-corrected chi connectivity index (χ0v) is 15.0. The summed E-state index contributed by atoms with van der Waals surface area (Å²) in [5.41, 5.74) is 2.20. The van der Waals surface area contributed by atoms with Gasteiger partial charge in [-0.3, -0.25) is 9.79 Å². The largest absolute Gasteiger partial charge is 0.377 e. The number of aromatic nitrogens is 1. The number of hydrogen-bond acceptors (Lipinski definition) is 6. The van der Waals surface area contributed by atoms with E-state index in [4.69, 9.17) is 4.99 Å². The van der Waals surface area contributed by atoms with Crippen LogP contribution in [0, 0.1) is 0 Å². The summed E-state index contributed by atoms with van der Waals surface area (Å²) in [6, 6.07) is 1.88. The third-order valence-electron chi connectivity index (χ3n) is 4.93. The normalized spacial score (nSPS) is 26.9. The Morgan fingerprint density at radius 2 is 1.96 bits per heavy atom. The van der Waals surface area contributed by atoms with Crippen LogP contribution < -0.4 is 4.90 Å². The van der Waals surface area contributed by atoms with Crippen LogP contribution in [-0.2, 0) is 4.79 Å². The van der Waals surface area contributed by atoms with Gasteiger partial charge in [0.1, 0.15) is 22.7 Å². The second-order valence-electron chi connectivity index (χ2n) is 6.74. The molecule has 0 spiro atoms. The summed E-state index contributed by atoms with van der Waals surface area (Å²) >= 11 is 1.56. The van der Waals surface area contributed by atoms with E-state index in [1.54, 1.807) is 23.1 Å². The summed E-state index contributed by atoms with van der Waals surface area (Å²) < 4.78 is 0. The Kier molecular flexibility index (Phi) is 4.22. The van der Waals surface area contributed by atoms with E-state index in [-0.39, 0.29) is 17.2 Å². The second-order valence-corrected chi connectivity index (χ2v) is 7.87. The minimum absolute atomic E-state index is 0.119. The number of fused-ring (bicyclic) bond motifs is 3. The van der Waals surface area contributed by atoms with Crippen LogP contribution in [0.15, 0.2) is 22.3 Å². The number of hydrogen-bond donors (Lipinski definition) is 0. The fourth-order valence-electron chi connectivity index (χ4n) is 3.68. The van der Waals surface area contributed by atoms with Crippen molar-refractivity contribution in [3.63, 3.8) is 0 Å². The summed E-state index contributed by atoms with van der Waals surface area (Å²) in [6.45, 7) is 1.88. The van der Waals surface area contributed by atoms with Crippen molar-refractivity contribution in [2.45, 2.75) is 42.0 Å². The summed E-state index contributed by atoms with van der Waals surface area (Å²) in [5, 5.41) is 4.68. The highest BCUT2D eigenvalue weighted by atomic mass is 32.2. The molecule has 0 radical (unpaired) electrons. The molecule has 3 aliphatic heterocycles. The maximum absolute atomic E-state index is 13.1. The molecular formula is C17H23N5OS. The van der Waals surface area contributed by atoms with Crippen LogP contribution in [0.3, 0.4) is 0 Å². The Bertz CT molecular complexity index is 669. The van der Waals surface area contributed by atoms with Crippen molar-refractivity contribution in [2.24, 2.45) is 4.99 Å². The van der Waals surface area contributed by atoms with Crippen molar-refractivity contribution < 1.29 is 4.79 Å². The Labute approximate surface area is 146 Å². The molecule has 0 N–H and O–H groups in total. The average Bonchev–Trinajstić information content (AvgIpc) is 2.76. The van der Waals surface area contributed by atoms with Gasteiger partial charge in [-0.05, 0) is 18.9 Å². The highest BCUT2D eigenvalue weighted by molar-refractivity contribution is 8.01. The Morgan fingerprint density at radius 3 is 2.67 bits per heavy atom. The summed E-state index contributed by atoms with van der Waals surface area (Å²) in [7, 11) is 4.04. The zero-order chi connectivity index (χ0) is 16.7. The highest BCUT2D eigenvalue weighted by Gasteiger charge is 2.46. The van der Waals surface area contributed by atoms with Gasteiger partial charge in [-0.2, -0.15) is 0 Å². The highest BCUT2D eigenvalue weighted by Crippen LogP contribution is 2.50. The third-order valence-corrected chi connectivity index (χ3v) is 6.19. The van der Waals surface area contributed by atoms with Crippen LogP contribution in [-0.4, -0.2) is 59.7 Å². The molecule has 2 unspecified atom stereocenters. The van der Waals surface area contributed by atoms with Gasteiger partial charge < -0.3 is 4.90 Å². The lowest BCUT2D eigenvalue weighted by molar-refractivity contribution is -0.139. The van der Waals surface area contributed by atoms with E-state index in [0.29, 0.717) is 0 Å². The first-order valence-electron chi connectivity index (χ1n) is 8.61. The van der Waals surface area contributed by atoms with Crippen LogP contribution in [0.4, 0.5) is 5.69 Å². The molecule has 4 rings (SSSR count). The number of anilines is 1. The number of aliphatic imine (C=N–C) groups is 1. The van der Waals surface area contributed by atoms with Crippen molar-refractivity contribution in [2.75, 3.05) is 32.1 Å². The fourth-order valence-corrected chi connectivity index (χ4v) is 4.94. The van der Waals surface area contributed by atoms with E-state index in [0.717, 1.165) is 42.2 Å². The lowest BCUT2D eigenvalue weighted by atomic mass is 10.0. The molecule has 1 amide bonds. The molecule has 7 heteroatoms. The standard InChI is InChI=1S/C17H23N5OS/c1-20(2)12-7-8-18-16-13(12)14-15(24-16)17(23)22(11-19-14)21-9-5-3-4-6-10-21/h7-8,11,14-15H,3-6,9-10H2,1-2H3. The quantitative estimate of drug-likeness (QED) is 0.823. The average molecular weight is 345 g/mol. The predicted octanol–water partition coefficient (Wildman–Crippen LogP) is 2.32. The molecule has 6 nitrogen and oxygen atoms in total. The molecule has 0 bridgehead atoms. The Hall–Kier alpha value is -1.60. The number of carbonyl (C=O) groups excluding carboxylic acids is 1. The minimum Gasteiger partial charge on any atom is -0.377 e. The van der Waals surface area contributed by atoms with Crippen molar-refractivity contribution in [1.29, 1.82) is 0 Å². The number of amides is 1. The Morgan fingerprint density at radius 1 is 1.21 bits per heavy atom. The summed E-state index contributed by atoms with van der Waals surface area (Å²) in [4.78, 5) is 24.4. The molecule has 0 aliphatic carbocycles. The molecule has 1 saturated heterocycles. The fraction of sp³-hybridized carbons (Fsp3) is 0.588. The SMILES string of the molecule is CN(C)c1ccnc2c1C1N=CN(N3CCCCCC3)C(=O)C1S2. The number of carbonyl (C=O) groups is 1. The molecule has 1 aromatic heterocycles. The molecule has 1 fully saturated rings. The number of thioether (sulfide) groups is 1. The first kappa shape index (κ1) is 15.9. The first-order valence-corrected chi connectivity index (χ1v) is 9.49. The third kappa shape index (κ3) is 2.59. The molecule has 1 aromatic rings.